The zero-order valence-corrected chi connectivity index (χ0v) is 24.2. The minimum absolute atomic E-state index is 0.0521. The molecule has 0 radical (unpaired) electrons. The molecule has 3 unspecified atom stereocenters. The van der Waals surface area contributed by atoms with Crippen molar-refractivity contribution in [2.45, 2.75) is 95.4 Å². The Morgan fingerprint density at radius 2 is 1.90 bits per heavy atom. The smallest absolute Gasteiger partial charge is 0.251 e. The molecule has 8 nitrogen and oxygen atoms in total. The average molecular weight is 557 g/mol. The molecule has 2 amide bonds. The minimum Gasteiger partial charge on any atom is -0.493 e. The van der Waals surface area contributed by atoms with E-state index in [0.717, 1.165) is 49.0 Å². The highest BCUT2D eigenvalue weighted by Crippen LogP contribution is 2.42. The third-order valence-corrected chi connectivity index (χ3v) is 9.03. The van der Waals surface area contributed by atoms with Crippen LogP contribution in [0.25, 0.3) is 0 Å². The highest BCUT2D eigenvalue weighted by molar-refractivity contribution is 6.00. The molecular weight excluding hydrogens is 516 g/mol. The van der Waals surface area contributed by atoms with Crippen molar-refractivity contribution in [3.05, 3.63) is 70.8 Å². The van der Waals surface area contributed by atoms with Crippen LogP contribution in [0.1, 0.15) is 105 Å². The Bertz CT molecular complexity index is 1400. The van der Waals surface area contributed by atoms with E-state index in [-0.39, 0.29) is 29.9 Å². The molecule has 5 aliphatic heterocycles. The normalized spacial score (nSPS) is 28.1. The number of benzene rings is 2. The Morgan fingerprint density at radius 1 is 1.07 bits per heavy atom. The largest absolute Gasteiger partial charge is 0.493 e. The molecule has 3 N–H and O–H groups in total. The van der Waals surface area contributed by atoms with Crippen LogP contribution in [0.5, 0.6) is 11.5 Å². The maximum Gasteiger partial charge on any atom is 0.251 e. The number of allylic oxidation sites excluding steroid dienone is 2. The van der Waals surface area contributed by atoms with Crippen LogP contribution in [-0.2, 0) is 11.2 Å². The van der Waals surface area contributed by atoms with E-state index in [1.165, 1.54) is 5.56 Å². The zero-order valence-electron chi connectivity index (χ0n) is 24.2. The molecule has 5 heterocycles. The fraction of sp³-hybridized carbons (Fsp3) is 0.485. The van der Waals surface area contributed by atoms with Gasteiger partial charge in [-0.15, -0.1) is 0 Å². The number of rotatable bonds is 1. The van der Waals surface area contributed by atoms with E-state index in [4.69, 9.17) is 14.9 Å². The molecule has 5 aliphatic rings. The fourth-order valence-electron chi connectivity index (χ4n) is 6.81. The first-order valence-electron chi connectivity index (χ1n) is 14.9. The van der Waals surface area contributed by atoms with Crippen molar-refractivity contribution >= 4 is 17.8 Å². The molecule has 1 fully saturated rings. The van der Waals surface area contributed by atoms with Crippen LogP contribution in [0.15, 0.2) is 48.6 Å². The lowest BCUT2D eigenvalue weighted by Crippen LogP contribution is -2.63. The van der Waals surface area contributed by atoms with Gasteiger partial charge in [-0.2, -0.15) is 0 Å². The van der Waals surface area contributed by atoms with E-state index in [2.05, 4.69) is 41.8 Å². The van der Waals surface area contributed by atoms with E-state index >= 15 is 0 Å². The van der Waals surface area contributed by atoms with Crippen molar-refractivity contribution in [2.24, 2.45) is 0 Å². The number of amides is 2. The van der Waals surface area contributed by atoms with Gasteiger partial charge in [0.05, 0.1) is 25.1 Å². The first kappa shape index (κ1) is 27.4. The first-order chi connectivity index (χ1) is 19.7. The van der Waals surface area contributed by atoms with Crippen LogP contribution in [0.2, 0.25) is 0 Å². The van der Waals surface area contributed by atoms with Crippen molar-refractivity contribution < 1.29 is 19.1 Å². The number of ether oxygens (including phenoxy) is 2. The minimum atomic E-state index is -0.426. The molecule has 216 valence electrons. The summed E-state index contributed by atoms with van der Waals surface area (Å²) in [6.07, 6.45) is 10.2. The zero-order chi connectivity index (χ0) is 28.8. The van der Waals surface area contributed by atoms with E-state index < -0.39 is 11.1 Å². The second-order valence-electron chi connectivity index (χ2n) is 12.5. The molecule has 0 aliphatic carbocycles. The maximum atomic E-state index is 13.7. The van der Waals surface area contributed by atoms with Crippen LogP contribution in [0, 0.1) is 5.41 Å². The van der Waals surface area contributed by atoms with E-state index in [0.29, 0.717) is 37.2 Å². The fourth-order valence-corrected chi connectivity index (χ4v) is 6.81. The number of fused-ring (bicyclic) bond motifs is 7. The number of nitrogens with one attached hydrogen (secondary N) is 3. The molecule has 6 bridgehead atoms. The molecule has 8 heteroatoms. The summed E-state index contributed by atoms with van der Waals surface area (Å²) in [5.74, 6) is 1.36. The van der Waals surface area contributed by atoms with Gasteiger partial charge in [-0.25, -0.2) is 0 Å². The summed E-state index contributed by atoms with van der Waals surface area (Å²) in [7, 11) is 0. The van der Waals surface area contributed by atoms with E-state index in [1.54, 1.807) is 11.0 Å². The lowest BCUT2D eigenvalue weighted by Gasteiger charge is -2.46. The Balaban J connectivity index is 1.39. The monoisotopic (exact) mass is 556 g/mol. The molecule has 0 aromatic heterocycles. The molecule has 41 heavy (non-hydrogen) atoms. The van der Waals surface area contributed by atoms with Crippen LogP contribution in [-0.4, -0.2) is 40.4 Å². The van der Waals surface area contributed by atoms with E-state index in [9.17, 15) is 9.59 Å². The average Bonchev–Trinajstić information content (AvgIpc) is 2.93. The predicted octanol–water partition coefficient (Wildman–Crippen LogP) is 5.73. The molecule has 2 aromatic carbocycles. The van der Waals surface area contributed by atoms with Gasteiger partial charge in [-0.1, -0.05) is 25.1 Å². The highest BCUT2D eigenvalue weighted by Gasteiger charge is 2.44. The second-order valence-corrected chi connectivity index (χ2v) is 12.5. The molecule has 0 saturated carbocycles. The summed E-state index contributed by atoms with van der Waals surface area (Å²) in [6, 6.07) is 11.1. The summed E-state index contributed by atoms with van der Waals surface area (Å²) in [4.78, 5) is 29.0. The topological polar surface area (TPSA) is 104 Å². The van der Waals surface area contributed by atoms with Crippen LogP contribution >= 0.6 is 0 Å². The highest BCUT2D eigenvalue weighted by atomic mass is 16.5. The maximum absolute atomic E-state index is 13.7. The Hall–Kier alpha value is -3.81. The molecule has 0 spiro atoms. The summed E-state index contributed by atoms with van der Waals surface area (Å²) in [5.41, 5.74) is 2.59. The Kier molecular flexibility index (Phi) is 7.04. The number of carbonyl (C=O) groups is 2. The molecule has 1 saturated heterocycles. The van der Waals surface area contributed by atoms with Crippen LogP contribution < -0.4 is 20.1 Å². The number of nitrogens with zero attached hydrogens (tertiary/aromatic N) is 1. The van der Waals surface area contributed by atoms with Crippen molar-refractivity contribution in [3.8, 4) is 11.5 Å². The van der Waals surface area contributed by atoms with Crippen molar-refractivity contribution in [2.75, 3.05) is 6.61 Å². The summed E-state index contributed by atoms with van der Waals surface area (Å²) < 4.78 is 12.2. The van der Waals surface area contributed by atoms with Crippen molar-refractivity contribution in [1.29, 1.82) is 5.41 Å². The number of carbonyl (C=O) groups excluding carboxylic acids is 2. The van der Waals surface area contributed by atoms with Gasteiger partial charge >= 0.3 is 0 Å². The number of hydrogen-bond acceptors (Lipinski definition) is 5. The Morgan fingerprint density at radius 3 is 2.71 bits per heavy atom. The summed E-state index contributed by atoms with van der Waals surface area (Å²) >= 11 is 0. The quantitative estimate of drug-likeness (QED) is 0.389. The summed E-state index contributed by atoms with van der Waals surface area (Å²) in [6.45, 7) is 6.62. The number of guanidine groups is 1. The van der Waals surface area contributed by atoms with Gasteiger partial charge in [0, 0.05) is 35.1 Å². The van der Waals surface area contributed by atoms with Gasteiger partial charge in [-0.3, -0.25) is 19.9 Å². The molecule has 2 aromatic rings. The number of hydrogen-bond donors (Lipinski definition) is 3. The lowest BCUT2D eigenvalue weighted by molar-refractivity contribution is -0.133. The second kappa shape index (κ2) is 10.5. The predicted molar refractivity (Wildman–Crippen MR) is 157 cm³/mol. The van der Waals surface area contributed by atoms with Gasteiger partial charge in [0.2, 0.25) is 5.91 Å². The van der Waals surface area contributed by atoms with Gasteiger partial charge in [0.15, 0.2) is 5.96 Å². The van der Waals surface area contributed by atoms with Gasteiger partial charge in [0.1, 0.15) is 17.1 Å². The molecule has 7 rings (SSSR count). The SMILES string of the molecule is CCC12CCC/C=C\Cc3ccc4c(c3)C(CC(C)(C)O4)NC(=O)c3ccc4c(c3)C(CCO4)N(C(=N)N1)C(=O)C2. The Labute approximate surface area is 242 Å². The third kappa shape index (κ3) is 5.32. The molecular formula is C33H40N4O4. The summed E-state index contributed by atoms with van der Waals surface area (Å²) in [5, 5.41) is 15.6. The third-order valence-electron chi connectivity index (χ3n) is 9.03. The van der Waals surface area contributed by atoms with Crippen LogP contribution in [0.3, 0.4) is 0 Å². The molecule has 3 atom stereocenters. The van der Waals surface area contributed by atoms with Crippen LogP contribution in [0.4, 0.5) is 0 Å². The van der Waals surface area contributed by atoms with Gasteiger partial charge < -0.3 is 20.1 Å². The van der Waals surface area contributed by atoms with Crippen molar-refractivity contribution in [1.82, 2.24) is 15.5 Å². The first-order valence-corrected chi connectivity index (χ1v) is 14.9. The lowest BCUT2D eigenvalue weighted by atomic mass is 9.83. The van der Waals surface area contributed by atoms with E-state index in [1.807, 2.05) is 32.0 Å². The van der Waals surface area contributed by atoms with Gasteiger partial charge in [-0.05, 0) is 81.8 Å². The standard InChI is InChI=1S/C33H40N4O4/c1-4-33-15-8-6-5-7-9-21-10-12-28-23(17-21)25(19-32(2,3)41-28)35-30(39)22-11-13-27-24(18-22)26(14-16-40-27)37(29(38)20-33)31(34)36-33/h5,7,10-13,17-18,25-26H,4,6,8-9,14-16,19-20H2,1-3H3,(H2,34,36)(H,35,39)/b7-5-. The van der Waals surface area contributed by atoms with Crippen molar-refractivity contribution in [3.63, 3.8) is 0 Å². The van der Waals surface area contributed by atoms with Gasteiger partial charge in [0.25, 0.3) is 5.91 Å².